The molecule has 1 amide bonds. The molecule has 1 aliphatic rings. The molecule has 0 N–H and O–H groups in total. The summed E-state index contributed by atoms with van der Waals surface area (Å²) in [5.41, 5.74) is -7.11. The van der Waals surface area contributed by atoms with E-state index < -0.39 is 45.6 Å². The molecule has 164 valence electrons. The Kier molecular flexibility index (Phi) is 6.83. The summed E-state index contributed by atoms with van der Waals surface area (Å²) in [5.74, 6) is -2.08. The minimum absolute atomic E-state index is 0.107. The first-order valence-electron chi connectivity index (χ1n) is 8.59. The van der Waals surface area contributed by atoms with Crippen LogP contribution in [-0.4, -0.2) is 39.5 Å². The van der Waals surface area contributed by atoms with Crippen LogP contribution >= 0.6 is 22.6 Å². The lowest BCUT2D eigenvalue weighted by molar-refractivity contribution is -0.348. The zero-order valence-electron chi connectivity index (χ0n) is 15.5. The van der Waals surface area contributed by atoms with E-state index in [4.69, 9.17) is 4.84 Å². The first-order chi connectivity index (χ1) is 13.1. The van der Waals surface area contributed by atoms with Crippen LogP contribution in [0.2, 0.25) is 0 Å². The lowest BCUT2D eigenvalue weighted by atomic mass is 9.70. The minimum atomic E-state index is -6.22. The Morgan fingerprint density at radius 1 is 1.14 bits per heavy atom. The predicted octanol–water partition coefficient (Wildman–Crippen LogP) is 5.63. The third kappa shape index (κ3) is 4.64. The van der Waals surface area contributed by atoms with Gasteiger partial charge >= 0.3 is 12.4 Å². The van der Waals surface area contributed by atoms with Gasteiger partial charge in [0.15, 0.2) is 0 Å². The standard InChI is InChI=1S/C18H19F7INO2/c1-11(26)13-8-27(29-9-12-6-4-3-5-7-12)14(28)15(13,2)10-16(19,17(20,21)22)18(23,24)25/h3-7,11,13H,8-10H2,1-2H3/t11?,13?,15-/m0/s1. The molecule has 0 spiro atoms. The number of hydrogen-bond acceptors (Lipinski definition) is 2. The van der Waals surface area contributed by atoms with Crippen LogP contribution in [0.5, 0.6) is 0 Å². The van der Waals surface area contributed by atoms with Gasteiger partial charge in [-0.1, -0.05) is 66.8 Å². The second-order valence-corrected chi connectivity index (χ2v) is 9.27. The largest absolute Gasteiger partial charge is 0.431 e. The summed E-state index contributed by atoms with van der Waals surface area (Å²) in [6, 6.07) is 8.50. The van der Waals surface area contributed by atoms with Gasteiger partial charge in [0.2, 0.25) is 0 Å². The quantitative estimate of drug-likeness (QED) is 0.266. The fourth-order valence-corrected chi connectivity index (χ4v) is 4.49. The smallest absolute Gasteiger partial charge is 0.272 e. The van der Waals surface area contributed by atoms with Gasteiger partial charge in [0.05, 0.1) is 12.0 Å². The summed E-state index contributed by atoms with van der Waals surface area (Å²) in [6.45, 7) is 2.13. The molecule has 1 saturated heterocycles. The molecule has 2 unspecified atom stereocenters. The second-order valence-electron chi connectivity index (χ2n) is 7.30. The highest BCUT2D eigenvalue weighted by Gasteiger charge is 2.75. The summed E-state index contributed by atoms with van der Waals surface area (Å²) >= 11 is 1.80. The molecular formula is C18H19F7INO2. The van der Waals surface area contributed by atoms with Crippen molar-refractivity contribution < 1.29 is 40.4 Å². The average Bonchev–Trinajstić information content (AvgIpc) is 2.83. The lowest BCUT2D eigenvalue weighted by Crippen LogP contribution is -2.57. The summed E-state index contributed by atoms with van der Waals surface area (Å²) in [6.07, 6.45) is -14.5. The maximum Gasteiger partial charge on any atom is 0.431 e. The number of hydroxylamine groups is 2. The van der Waals surface area contributed by atoms with Crippen molar-refractivity contribution in [2.75, 3.05) is 6.54 Å². The van der Waals surface area contributed by atoms with Gasteiger partial charge in [0.25, 0.3) is 11.6 Å². The Labute approximate surface area is 176 Å². The van der Waals surface area contributed by atoms with E-state index in [0.717, 1.165) is 12.0 Å². The van der Waals surface area contributed by atoms with Crippen LogP contribution in [0.15, 0.2) is 30.3 Å². The number of benzene rings is 1. The Balaban J connectivity index is 2.33. The van der Waals surface area contributed by atoms with Gasteiger partial charge in [0.1, 0.15) is 6.61 Å². The van der Waals surface area contributed by atoms with E-state index in [1.165, 1.54) is 0 Å². The van der Waals surface area contributed by atoms with Crippen molar-refractivity contribution in [3.05, 3.63) is 35.9 Å². The summed E-state index contributed by atoms with van der Waals surface area (Å²) < 4.78 is 92.5. The van der Waals surface area contributed by atoms with E-state index in [2.05, 4.69) is 0 Å². The summed E-state index contributed by atoms with van der Waals surface area (Å²) in [5, 5.41) is 0.750. The molecule has 29 heavy (non-hydrogen) atoms. The van der Waals surface area contributed by atoms with Crippen molar-refractivity contribution >= 4 is 28.5 Å². The van der Waals surface area contributed by atoms with Crippen molar-refractivity contribution in [2.45, 2.75) is 48.8 Å². The van der Waals surface area contributed by atoms with E-state index in [0.29, 0.717) is 5.56 Å². The number of hydrogen-bond donors (Lipinski definition) is 0. The number of rotatable bonds is 6. The number of alkyl halides is 8. The maximum absolute atomic E-state index is 14.4. The average molecular weight is 541 g/mol. The number of halogens is 8. The van der Waals surface area contributed by atoms with Gasteiger partial charge in [-0.05, 0) is 5.56 Å². The molecule has 1 heterocycles. The van der Waals surface area contributed by atoms with Crippen LogP contribution < -0.4 is 0 Å². The van der Waals surface area contributed by atoms with Crippen molar-refractivity contribution in [3.63, 3.8) is 0 Å². The van der Waals surface area contributed by atoms with Gasteiger partial charge in [-0.2, -0.15) is 26.3 Å². The molecule has 0 aliphatic carbocycles. The monoisotopic (exact) mass is 541 g/mol. The number of carbonyl (C=O) groups excluding carboxylic acids is 1. The molecule has 1 fully saturated rings. The first kappa shape index (κ1) is 24.2. The molecule has 1 aromatic rings. The molecule has 0 saturated carbocycles. The van der Waals surface area contributed by atoms with Gasteiger partial charge < -0.3 is 0 Å². The highest BCUT2D eigenvalue weighted by atomic mass is 127. The van der Waals surface area contributed by atoms with Gasteiger partial charge in [-0.15, -0.1) is 0 Å². The highest BCUT2D eigenvalue weighted by molar-refractivity contribution is 14.1. The zero-order valence-corrected chi connectivity index (χ0v) is 17.6. The van der Waals surface area contributed by atoms with Crippen molar-refractivity contribution in [1.29, 1.82) is 0 Å². The SMILES string of the molecule is CC(I)C1CN(OCc2ccccc2)C(=O)[C@@]1(C)CC(F)(C(F)(F)F)C(F)(F)F. The molecule has 0 aromatic heterocycles. The normalized spacial score (nSPS) is 24.8. The first-order valence-corrected chi connectivity index (χ1v) is 9.83. The van der Waals surface area contributed by atoms with Crippen LogP contribution in [0, 0.1) is 11.3 Å². The topological polar surface area (TPSA) is 29.5 Å². The molecule has 2 rings (SSSR count). The Morgan fingerprint density at radius 2 is 1.66 bits per heavy atom. The van der Waals surface area contributed by atoms with E-state index in [1.54, 1.807) is 59.8 Å². The molecular weight excluding hydrogens is 522 g/mol. The van der Waals surface area contributed by atoms with Crippen molar-refractivity contribution in [3.8, 4) is 0 Å². The van der Waals surface area contributed by atoms with Gasteiger partial charge in [-0.25, -0.2) is 9.45 Å². The third-order valence-electron chi connectivity index (χ3n) is 5.19. The molecule has 1 aliphatic heterocycles. The summed E-state index contributed by atoms with van der Waals surface area (Å²) in [4.78, 5) is 18.1. The van der Waals surface area contributed by atoms with Crippen molar-refractivity contribution in [2.24, 2.45) is 11.3 Å². The highest BCUT2D eigenvalue weighted by Crippen LogP contribution is 2.56. The molecule has 0 bridgehead atoms. The van der Waals surface area contributed by atoms with Crippen molar-refractivity contribution in [1.82, 2.24) is 5.06 Å². The number of nitrogens with zero attached hydrogens (tertiary/aromatic N) is 1. The van der Waals surface area contributed by atoms with Crippen LogP contribution in [0.25, 0.3) is 0 Å². The zero-order chi connectivity index (χ0) is 22.3. The van der Waals surface area contributed by atoms with E-state index in [9.17, 15) is 35.5 Å². The minimum Gasteiger partial charge on any atom is -0.272 e. The lowest BCUT2D eigenvalue weighted by Gasteiger charge is -2.38. The Hall–Kier alpha value is -1.11. The van der Waals surface area contributed by atoms with Crippen LogP contribution in [0.3, 0.4) is 0 Å². The Morgan fingerprint density at radius 3 is 2.10 bits per heavy atom. The molecule has 1 aromatic carbocycles. The van der Waals surface area contributed by atoms with Gasteiger partial charge in [0, 0.05) is 16.3 Å². The molecule has 3 atom stereocenters. The Bertz CT molecular complexity index is 709. The number of carbonyl (C=O) groups is 1. The predicted molar refractivity (Wildman–Crippen MR) is 98.6 cm³/mol. The third-order valence-corrected chi connectivity index (χ3v) is 6.06. The van der Waals surface area contributed by atoms with E-state index >= 15 is 0 Å². The maximum atomic E-state index is 14.4. The molecule has 11 heteroatoms. The fourth-order valence-electron chi connectivity index (χ4n) is 3.47. The number of amides is 1. The fraction of sp³-hybridized carbons (Fsp3) is 0.611. The summed E-state index contributed by atoms with van der Waals surface area (Å²) in [7, 11) is 0. The second kappa shape index (κ2) is 8.20. The van der Waals surface area contributed by atoms with Gasteiger partial charge in [-0.3, -0.25) is 9.63 Å². The molecule has 0 radical (unpaired) electrons. The van der Waals surface area contributed by atoms with Crippen LogP contribution in [0.4, 0.5) is 30.7 Å². The van der Waals surface area contributed by atoms with E-state index in [-0.39, 0.29) is 13.2 Å². The van der Waals surface area contributed by atoms with Crippen LogP contribution in [0.1, 0.15) is 25.8 Å². The molecule has 3 nitrogen and oxygen atoms in total. The van der Waals surface area contributed by atoms with E-state index in [1.807, 2.05) is 0 Å². The van der Waals surface area contributed by atoms with Crippen LogP contribution in [-0.2, 0) is 16.2 Å².